The van der Waals surface area contributed by atoms with Crippen LogP contribution >= 0.6 is 12.2 Å². The highest BCUT2D eigenvalue weighted by molar-refractivity contribution is 7.80. The Bertz CT molecular complexity index is 525. The Balaban J connectivity index is 2.26. The van der Waals surface area contributed by atoms with E-state index in [9.17, 15) is 14.0 Å². The second-order valence-electron chi connectivity index (χ2n) is 3.99. The Labute approximate surface area is 127 Å². The number of halogens is 1. The quantitative estimate of drug-likeness (QED) is 0.324. The molecule has 0 aliphatic heterocycles. The van der Waals surface area contributed by atoms with E-state index < -0.39 is 11.7 Å². The van der Waals surface area contributed by atoms with Gasteiger partial charge in [0.1, 0.15) is 5.82 Å². The summed E-state index contributed by atoms with van der Waals surface area (Å²) >= 11 is 4.92. The van der Waals surface area contributed by atoms with Gasteiger partial charge in [-0.25, -0.2) is 4.39 Å². The average molecular weight is 313 g/mol. The first-order valence-corrected chi connectivity index (χ1v) is 6.61. The van der Waals surface area contributed by atoms with E-state index >= 15 is 0 Å². The van der Waals surface area contributed by atoms with Crippen molar-refractivity contribution in [1.29, 1.82) is 0 Å². The van der Waals surface area contributed by atoms with Gasteiger partial charge in [-0.2, -0.15) is 0 Å². The highest BCUT2D eigenvalue weighted by Gasteiger charge is 2.10. The lowest BCUT2D eigenvalue weighted by molar-refractivity contribution is -0.140. The fourth-order valence-corrected chi connectivity index (χ4v) is 1.56. The van der Waals surface area contributed by atoms with Gasteiger partial charge in [-0.3, -0.25) is 20.4 Å². The number of nitrogens with one attached hydrogen (secondary N) is 3. The molecule has 1 amide bonds. The van der Waals surface area contributed by atoms with Crippen LogP contribution in [0.1, 0.15) is 23.2 Å². The Morgan fingerprint density at radius 2 is 2.00 bits per heavy atom. The smallest absolute Gasteiger partial charge is 0.305 e. The van der Waals surface area contributed by atoms with Crippen LogP contribution in [0.2, 0.25) is 0 Å². The lowest BCUT2D eigenvalue weighted by Crippen LogP contribution is -2.47. The number of rotatable bonds is 5. The highest BCUT2D eigenvalue weighted by atomic mass is 32.1. The largest absolute Gasteiger partial charge is 0.469 e. The molecular formula is C13H16FN3O3S. The molecule has 0 fully saturated rings. The molecular weight excluding hydrogens is 297 g/mol. The fourth-order valence-electron chi connectivity index (χ4n) is 1.41. The highest BCUT2D eigenvalue weighted by Crippen LogP contribution is 2.05. The molecule has 0 aliphatic rings. The first kappa shape index (κ1) is 16.8. The molecule has 0 heterocycles. The van der Waals surface area contributed by atoms with Gasteiger partial charge in [0.2, 0.25) is 0 Å². The van der Waals surface area contributed by atoms with Gasteiger partial charge in [-0.1, -0.05) is 12.1 Å². The number of esters is 1. The number of hydrogen-bond donors (Lipinski definition) is 3. The SMILES string of the molecule is COC(=O)CCCNC(=S)NNC(=O)c1ccccc1F. The van der Waals surface area contributed by atoms with Crippen LogP contribution in [0.3, 0.4) is 0 Å². The molecule has 0 saturated heterocycles. The van der Waals surface area contributed by atoms with Crippen LogP contribution in [-0.2, 0) is 9.53 Å². The summed E-state index contributed by atoms with van der Waals surface area (Å²) in [5.41, 5.74) is 4.64. The first-order chi connectivity index (χ1) is 10.0. The van der Waals surface area contributed by atoms with Crippen LogP contribution in [0, 0.1) is 5.82 Å². The van der Waals surface area contributed by atoms with Gasteiger partial charge in [0.25, 0.3) is 5.91 Å². The molecule has 8 heteroatoms. The van der Waals surface area contributed by atoms with Crippen LogP contribution < -0.4 is 16.2 Å². The van der Waals surface area contributed by atoms with Crippen LogP contribution in [0.15, 0.2) is 24.3 Å². The maximum Gasteiger partial charge on any atom is 0.305 e. The van der Waals surface area contributed by atoms with E-state index in [1.54, 1.807) is 6.07 Å². The van der Waals surface area contributed by atoms with Crippen LogP contribution in [0.25, 0.3) is 0 Å². The molecule has 0 bridgehead atoms. The zero-order valence-corrected chi connectivity index (χ0v) is 12.3. The topological polar surface area (TPSA) is 79.5 Å². The Hall–Kier alpha value is -2.22. The van der Waals surface area contributed by atoms with E-state index in [1.165, 1.54) is 25.3 Å². The molecule has 1 aromatic rings. The Kier molecular flexibility index (Phi) is 7.10. The number of ether oxygens (including phenoxy) is 1. The summed E-state index contributed by atoms with van der Waals surface area (Å²) in [4.78, 5) is 22.5. The third-order valence-electron chi connectivity index (χ3n) is 2.48. The molecule has 0 unspecified atom stereocenters. The van der Waals surface area contributed by atoms with Crippen molar-refractivity contribution in [2.75, 3.05) is 13.7 Å². The predicted octanol–water partition coefficient (Wildman–Crippen LogP) is 0.888. The maximum atomic E-state index is 13.3. The van der Waals surface area contributed by atoms with Gasteiger partial charge < -0.3 is 10.1 Å². The number of carbonyl (C=O) groups is 2. The number of amides is 1. The van der Waals surface area contributed by atoms with E-state index in [1.807, 2.05) is 0 Å². The summed E-state index contributed by atoms with van der Waals surface area (Å²) in [6.07, 6.45) is 0.809. The second-order valence-corrected chi connectivity index (χ2v) is 4.40. The molecule has 0 atom stereocenters. The molecule has 3 N–H and O–H groups in total. The van der Waals surface area contributed by atoms with Crippen molar-refractivity contribution in [2.24, 2.45) is 0 Å². The van der Waals surface area contributed by atoms with E-state index in [4.69, 9.17) is 12.2 Å². The zero-order valence-electron chi connectivity index (χ0n) is 11.4. The van der Waals surface area contributed by atoms with E-state index in [2.05, 4.69) is 20.9 Å². The standard InChI is InChI=1S/C13H16FN3O3S/c1-20-11(18)7-4-8-15-13(21)17-16-12(19)9-5-2-3-6-10(9)14/h2-3,5-6H,4,7-8H2,1H3,(H,16,19)(H2,15,17,21). The minimum absolute atomic E-state index is 0.0847. The van der Waals surface area contributed by atoms with Crippen LogP contribution in [0.5, 0.6) is 0 Å². The van der Waals surface area contributed by atoms with Crippen molar-refractivity contribution < 1.29 is 18.7 Å². The molecule has 1 aromatic carbocycles. The van der Waals surface area contributed by atoms with Gasteiger partial charge in [-0.05, 0) is 30.8 Å². The minimum Gasteiger partial charge on any atom is -0.469 e. The van der Waals surface area contributed by atoms with Crippen molar-refractivity contribution >= 4 is 29.2 Å². The maximum absolute atomic E-state index is 13.3. The molecule has 114 valence electrons. The molecule has 0 saturated carbocycles. The van der Waals surface area contributed by atoms with Crippen molar-refractivity contribution in [3.05, 3.63) is 35.6 Å². The predicted molar refractivity (Wildman–Crippen MR) is 78.9 cm³/mol. The molecule has 21 heavy (non-hydrogen) atoms. The molecule has 1 rings (SSSR count). The normalized spacial score (nSPS) is 9.62. The van der Waals surface area contributed by atoms with Crippen LogP contribution in [-0.4, -0.2) is 30.6 Å². The molecule has 0 aromatic heterocycles. The van der Waals surface area contributed by atoms with Gasteiger partial charge in [0.15, 0.2) is 5.11 Å². The number of carbonyl (C=O) groups excluding carboxylic acids is 2. The third-order valence-corrected chi connectivity index (χ3v) is 2.73. The number of hydrogen-bond acceptors (Lipinski definition) is 4. The average Bonchev–Trinajstić information content (AvgIpc) is 2.49. The van der Waals surface area contributed by atoms with Gasteiger partial charge in [0, 0.05) is 13.0 Å². The number of methoxy groups -OCH3 is 1. The van der Waals surface area contributed by atoms with Gasteiger partial charge in [0.05, 0.1) is 12.7 Å². The van der Waals surface area contributed by atoms with Crippen molar-refractivity contribution in [1.82, 2.24) is 16.2 Å². The van der Waals surface area contributed by atoms with Crippen LogP contribution in [0.4, 0.5) is 4.39 Å². The van der Waals surface area contributed by atoms with Gasteiger partial charge >= 0.3 is 5.97 Å². The molecule has 0 spiro atoms. The summed E-state index contributed by atoms with van der Waals surface area (Å²) in [5, 5.41) is 2.96. The summed E-state index contributed by atoms with van der Waals surface area (Å²) in [5.74, 6) is -1.55. The monoisotopic (exact) mass is 313 g/mol. The number of hydrazine groups is 1. The van der Waals surface area contributed by atoms with Gasteiger partial charge in [-0.15, -0.1) is 0 Å². The Morgan fingerprint density at radius 1 is 1.29 bits per heavy atom. The second kappa shape index (κ2) is 8.85. The summed E-state index contributed by atoms with van der Waals surface area (Å²) in [6.45, 7) is 0.441. The van der Waals surface area contributed by atoms with Crippen molar-refractivity contribution in [3.8, 4) is 0 Å². The first-order valence-electron chi connectivity index (χ1n) is 6.20. The molecule has 6 nitrogen and oxygen atoms in total. The lowest BCUT2D eigenvalue weighted by Gasteiger charge is -2.11. The van der Waals surface area contributed by atoms with E-state index in [-0.39, 0.29) is 23.1 Å². The summed E-state index contributed by atoms with van der Waals surface area (Å²) in [6, 6.07) is 5.60. The van der Waals surface area contributed by atoms with Crippen molar-refractivity contribution in [3.63, 3.8) is 0 Å². The summed E-state index contributed by atoms with van der Waals surface area (Å²) < 4.78 is 17.8. The van der Waals surface area contributed by atoms with E-state index in [0.29, 0.717) is 13.0 Å². The molecule has 0 aliphatic carbocycles. The third kappa shape index (κ3) is 6.17. The number of benzene rings is 1. The van der Waals surface area contributed by atoms with E-state index in [0.717, 1.165) is 0 Å². The zero-order chi connectivity index (χ0) is 15.7. The lowest BCUT2D eigenvalue weighted by atomic mass is 10.2. The fraction of sp³-hybridized carbons (Fsp3) is 0.308. The van der Waals surface area contributed by atoms with Crippen molar-refractivity contribution in [2.45, 2.75) is 12.8 Å². The number of thiocarbonyl (C=S) groups is 1. The minimum atomic E-state index is -0.633. The summed E-state index contributed by atoms with van der Waals surface area (Å²) in [7, 11) is 1.32. The molecule has 0 radical (unpaired) electrons. The Morgan fingerprint density at radius 3 is 2.67 bits per heavy atom.